The van der Waals surface area contributed by atoms with Crippen molar-refractivity contribution >= 4 is 17.7 Å². The van der Waals surface area contributed by atoms with Crippen LogP contribution < -0.4 is 10.6 Å². The summed E-state index contributed by atoms with van der Waals surface area (Å²) in [5.74, 6) is 0.179. The van der Waals surface area contributed by atoms with Crippen LogP contribution in [0, 0.1) is 0 Å². The molecular weight excluding hydrogens is 220 g/mol. The first kappa shape index (κ1) is 13.8. The van der Waals surface area contributed by atoms with Gasteiger partial charge in [0.2, 0.25) is 5.91 Å². The lowest BCUT2D eigenvalue weighted by Crippen LogP contribution is -2.46. The second-order valence-corrected chi connectivity index (χ2v) is 5.74. The molecule has 1 amide bonds. The molecule has 2 N–H and O–H groups in total. The van der Waals surface area contributed by atoms with Crippen LogP contribution in [-0.4, -0.2) is 36.0 Å². The van der Waals surface area contributed by atoms with E-state index in [-0.39, 0.29) is 16.7 Å². The van der Waals surface area contributed by atoms with Crippen LogP contribution in [0.5, 0.6) is 0 Å². The van der Waals surface area contributed by atoms with Crippen LogP contribution in [-0.2, 0) is 4.79 Å². The zero-order valence-electron chi connectivity index (χ0n) is 10.6. The van der Waals surface area contributed by atoms with E-state index in [4.69, 9.17) is 0 Å². The van der Waals surface area contributed by atoms with Gasteiger partial charge in [-0.1, -0.05) is 13.8 Å². The highest BCUT2D eigenvalue weighted by Gasteiger charge is 2.28. The van der Waals surface area contributed by atoms with Crippen molar-refractivity contribution in [2.24, 2.45) is 0 Å². The van der Waals surface area contributed by atoms with Crippen LogP contribution in [0.25, 0.3) is 0 Å². The van der Waals surface area contributed by atoms with Gasteiger partial charge in [0.25, 0.3) is 0 Å². The van der Waals surface area contributed by atoms with E-state index in [0.717, 1.165) is 38.8 Å². The molecule has 16 heavy (non-hydrogen) atoms. The molecular formula is C12H24N2OS. The normalized spacial score (nSPS) is 21.1. The van der Waals surface area contributed by atoms with Gasteiger partial charge in [0.15, 0.2) is 0 Å². The maximum absolute atomic E-state index is 11.9. The summed E-state index contributed by atoms with van der Waals surface area (Å²) in [5, 5.41) is 6.32. The van der Waals surface area contributed by atoms with E-state index < -0.39 is 0 Å². The standard InChI is InChI=1S/C12H24N2OS/c1-4-12(5-2,16-3)9-14-11(15)10-7-6-8-13-10/h10,13H,4-9H2,1-3H3,(H,14,15)/t10-/m0/s1. The number of rotatable bonds is 6. The fraction of sp³-hybridized carbons (Fsp3) is 0.917. The monoisotopic (exact) mass is 244 g/mol. The number of hydrogen-bond acceptors (Lipinski definition) is 3. The number of carbonyl (C=O) groups is 1. The summed E-state index contributed by atoms with van der Waals surface area (Å²) in [6, 6.07) is 0.0493. The molecule has 1 aliphatic rings. The Morgan fingerprint density at radius 3 is 2.62 bits per heavy atom. The van der Waals surface area contributed by atoms with E-state index in [1.165, 1.54) is 0 Å². The Bertz CT molecular complexity index is 215. The van der Waals surface area contributed by atoms with Crippen molar-refractivity contribution in [1.82, 2.24) is 10.6 Å². The third-order valence-electron chi connectivity index (χ3n) is 3.68. The van der Waals surface area contributed by atoms with Gasteiger partial charge in [0.05, 0.1) is 6.04 Å². The summed E-state index contributed by atoms with van der Waals surface area (Å²) in [5.41, 5.74) is 0. The molecule has 0 aromatic heterocycles. The number of thioether (sulfide) groups is 1. The Labute approximate surface area is 103 Å². The van der Waals surface area contributed by atoms with Gasteiger partial charge >= 0.3 is 0 Å². The molecule has 0 aromatic carbocycles. The fourth-order valence-electron chi connectivity index (χ4n) is 2.14. The van der Waals surface area contributed by atoms with Crippen molar-refractivity contribution in [1.29, 1.82) is 0 Å². The van der Waals surface area contributed by atoms with Crippen molar-refractivity contribution in [3.8, 4) is 0 Å². The predicted octanol–water partition coefficient (Wildman–Crippen LogP) is 1.78. The van der Waals surface area contributed by atoms with Crippen LogP contribution in [0.15, 0.2) is 0 Å². The van der Waals surface area contributed by atoms with Crippen LogP contribution >= 0.6 is 11.8 Å². The molecule has 1 rings (SSSR count). The minimum atomic E-state index is 0.0493. The van der Waals surface area contributed by atoms with Crippen LogP contribution in [0.2, 0.25) is 0 Å². The Balaban J connectivity index is 2.39. The molecule has 1 heterocycles. The molecule has 1 atom stereocenters. The first-order valence-corrected chi connectivity index (χ1v) is 7.46. The number of carbonyl (C=O) groups excluding carboxylic acids is 1. The third-order valence-corrected chi connectivity index (χ3v) is 5.27. The number of hydrogen-bond donors (Lipinski definition) is 2. The van der Waals surface area contributed by atoms with Gasteiger partial charge in [-0.05, 0) is 38.5 Å². The van der Waals surface area contributed by atoms with Crippen LogP contribution in [0.4, 0.5) is 0 Å². The second-order valence-electron chi connectivity index (χ2n) is 4.46. The summed E-state index contributed by atoms with van der Waals surface area (Å²) < 4.78 is 0.217. The molecule has 0 aromatic rings. The van der Waals surface area contributed by atoms with Gasteiger partial charge in [-0.15, -0.1) is 0 Å². The van der Waals surface area contributed by atoms with E-state index >= 15 is 0 Å². The molecule has 94 valence electrons. The molecule has 0 radical (unpaired) electrons. The molecule has 0 unspecified atom stereocenters. The van der Waals surface area contributed by atoms with E-state index in [1.807, 2.05) is 11.8 Å². The summed E-state index contributed by atoms with van der Waals surface area (Å²) in [6.07, 6.45) is 6.43. The summed E-state index contributed by atoms with van der Waals surface area (Å²) in [4.78, 5) is 11.9. The van der Waals surface area contributed by atoms with E-state index in [1.54, 1.807) is 0 Å². The van der Waals surface area contributed by atoms with E-state index in [2.05, 4.69) is 30.7 Å². The van der Waals surface area contributed by atoms with Crippen LogP contribution in [0.1, 0.15) is 39.5 Å². The maximum atomic E-state index is 11.9. The van der Waals surface area contributed by atoms with E-state index in [9.17, 15) is 4.79 Å². The molecule has 0 saturated carbocycles. The topological polar surface area (TPSA) is 41.1 Å². The highest BCUT2D eigenvalue weighted by molar-refractivity contribution is 8.00. The molecule has 4 heteroatoms. The zero-order valence-corrected chi connectivity index (χ0v) is 11.5. The predicted molar refractivity (Wildman–Crippen MR) is 70.9 cm³/mol. The molecule has 0 bridgehead atoms. The molecule has 3 nitrogen and oxygen atoms in total. The zero-order chi connectivity index (χ0) is 12.0. The average Bonchev–Trinajstić information content (AvgIpc) is 2.85. The second kappa shape index (κ2) is 6.50. The highest BCUT2D eigenvalue weighted by atomic mass is 32.2. The molecule has 0 spiro atoms. The molecule has 1 fully saturated rings. The molecule has 1 aliphatic heterocycles. The lowest BCUT2D eigenvalue weighted by Gasteiger charge is -2.30. The van der Waals surface area contributed by atoms with Crippen molar-refractivity contribution < 1.29 is 4.79 Å². The van der Waals surface area contributed by atoms with Crippen LogP contribution in [0.3, 0.4) is 0 Å². The average molecular weight is 244 g/mol. The van der Waals surface area contributed by atoms with E-state index in [0.29, 0.717) is 0 Å². The van der Waals surface area contributed by atoms with Crippen molar-refractivity contribution in [2.75, 3.05) is 19.3 Å². The fourth-order valence-corrected chi connectivity index (χ4v) is 2.93. The lowest BCUT2D eigenvalue weighted by atomic mass is 10.0. The van der Waals surface area contributed by atoms with Crippen molar-refractivity contribution in [3.05, 3.63) is 0 Å². The molecule has 1 saturated heterocycles. The van der Waals surface area contributed by atoms with Gasteiger partial charge in [0.1, 0.15) is 0 Å². The quantitative estimate of drug-likeness (QED) is 0.748. The minimum absolute atomic E-state index is 0.0493. The van der Waals surface area contributed by atoms with Crippen molar-refractivity contribution in [2.45, 2.75) is 50.3 Å². The number of nitrogens with one attached hydrogen (secondary N) is 2. The largest absolute Gasteiger partial charge is 0.353 e. The first-order valence-electron chi connectivity index (χ1n) is 6.23. The van der Waals surface area contributed by atoms with Crippen molar-refractivity contribution in [3.63, 3.8) is 0 Å². The Morgan fingerprint density at radius 1 is 1.50 bits per heavy atom. The lowest BCUT2D eigenvalue weighted by molar-refractivity contribution is -0.122. The van der Waals surface area contributed by atoms with Gasteiger partial charge in [0, 0.05) is 11.3 Å². The van der Waals surface area contributed by atoms with Gasteiger partial charge in [-0.2, -0.15) is 11.8 Å². The van der Waals surface area contributed by atoms with Gasteiger partial charge in [-0.3, -0.25) is 4.79 Å². The first-order chi connectivity index (χ1) is 7.67. The minimum Gasteiger partial charge on any atom is -0.353 e. The summed E-state index contributed by atoms with van der Waals surface area (Å²) in [6.45, 7) is 6.16. The summed E-state index contributed by atoms with van der Waals surface area (Å²) in [7, 11) is 0. The SMILES string of the molecule is CCC(CC)(CNC(=O)[C@@H]1CCCN1)SC. The molecule has 0 aliphatic carbocycles. The maximum Gasteiger partial charge on any atom is 0.237 e. The van der Waals surface area contributed by atoms with Gasteiger partial charge in [-0.25, -0.2) is 0 Å². The Morgan fingerprint density at radius 2 is 2.19 bits per heavy atom. The Kier molecular flexibility index (Phi) is 5.62. The smallest absolute Gasteiger partial charge is 0.237 e. The third kappa shape index (κ3) is 3.39. The number of amides is 1. The van der Waals surface area contributed by atoms with Gasteiger partial charge < -0.3 is 10.6 Å². The highest BCUT2D eigenvalue weighted by Crippen LogP contribution is 2.29. The summed E-state index contributed by atoms with van der Waals surface area (Å²) >= 11 is 1.87. The Hall–Kier alpha value is -0.220.